The van der Waals surface area contributed by atoms with E-state index in [1.54, 1.807) is 31.3 Å². The van der Waals surface area contributed by atoms with E-state index < -0.39 is 17.5 Å². The molecule has 0 radical (unpaired) electrons. The van der Waals surface area contributed by atoms with Gasteiger partial charge in [-0.1, -0.05) is 24.3 Å². The molecule has 2 N–H and O–H groups in total. The lowest BCUT2D eigenvalue weighted by atomic mass is 9.79. The number of methoxy groups -OCH3 is 1. The summed E-state index contributed by atoms with van der Waals surface area (Å²) in [6, 6.07) is 19.7. The van der Waals surface area contributed by atoms with E-state index in [1.165, 1.54) is 18.1 Å². The molecule has 3 aromatic rings. The number of benzene rings is 3. The van der Waals surface area contributed by atoms with Crippen molar-refractivity contribution in [1.82, 2.24) is 4.90 Å². The lowest BCUT2D eigenvalue weighted by Gasteiger charge is -2.37. The predicted octanol–water partition coefficient (Wildman–Crippen LogP) is 3.75. The van der Waals surface area contributed by atoms with Crippen LogP contribution in [-0.2, 0) is 16.8 Å². The summed E-state index contributed by atoms with van der Waals surface area (Å²) in [6.07, 6.45) is 0.190. The molecule has 0 fully saturated rings. The Morgan fingerprint density at radius 2 is 2.03 bits per heavy atom. The number of hydrogen-bond donors (Lipinski definition) is 1. The van der Waals surface area contributed by atoms with Crippen LogP contribution in [0.25, 0.3) is 11.1 Å². The van der Waals surface area contributed by atoms with Gasteiger partial charge in [0, 0.05) is 25.5 Å². The maximum Gasteiger partial charge on any atom is 0.261 e. The van der Waals surface area contributed by atoms with Gasteiger partial charge in [0.25, 0.3) is 5.91 Å². The first kappa shape index (κ1) is 22.4. The molecule has 35 heavy (non-hydrogen) atoms. The number of amides is 1. The van der Waals surface area contributed by atoms with Gasteiger partial charge in [-0.3, -0.25) is 9.69 Å². The molecule has 8 heteroatoms. The second-order valence-electron chi connectivity index (χ2n) is 8.71. The van der Waals surface area contributed by atoms with Crippen LogP contribution < -0.4 is 15.2 Å². The predicted molar refractivity (Wildman–Crippen MR) is 128 cm³/mol. The van der Waals surface area contributed by atoms with Crippen molar-refractivity contribution in [3.63, 3.8) is 0 Å². The number of aliphatic imine (C=N–C) groups is 1. The lowest BCUT2D eigenvalue weighted by Crippen LogP contribution is -2.46. The molecule has 7 nitrogen and oxygen atoms in total. The molecule has 2 heterocycles. The van der Waals surface area contributed by atoms with Gasteiger partial charge in [-0.05, 0) is 53.1 Å². The largest absolute Gasteiger partial charge is 0.494 e. The Morgan fingerprint density at radius 1 is 1.23 bits per heavy atom. The molecule has 2 atom stereocenters. The van der Waals surface area contributed by atoms with Crippen molar-refractivity contribution >= 4 is 11.9 Å². The lowest BCUT2D eigenvalue weighted by molar-refractivity contribution is -0.132. The van der Waals surface area contributed by atoms with E-state index in [1.807, 2.05) is 30.3 Å². The number of fused-ring (bicyclic) bond motifs is 2. The number of ether oxygens (including phenoxy) is 2. The molecule has 176 valence electrons. The van der Waals surface area contributed by atoms with Crippen LogP contribution in [-0.4, -0.2) is 37.0 Å². The summed E-state index contributed by atoms with van der Waals surface area (Å²) in [5.74, 6) is 0.121. The molecule has 3 aromatic carbocycles. The highest BCUT2D eigenvalue weighted by atomic mass is 19.1. The molecule has 1 unspecified atom stereocenters. The highest BCUT2D eigenvalue weighted by Crippen LogP contribution is 2.47. The highest BCUT2D eigenvalue weighted by molar-refractivity contribution is 6.07. The summed E-state index contributed by atoms with van der Waals surface area (Å²) in [4.78, 5) is 19.5. The number of nitriles is 1. The van der Waals surface area contributed by atoms with Gasteiger partial charge in [-0.2, -0.15) is 5.26 Å². The zero-order chi connectivity index (χ0) is 24.7. The van der Waals surface area contributed by atoms with Crippen molar-refractivity contribution in [2.45, 2.75) is 24.5 Å². The fourth-order valence-corrected chi connectivity index (χ4v) is 4.79. The average Bonchev–Trinajstić information content (AvgIpc) is 3.07. The number of nitrogens with two attached hydrogens (primary N) is 1. The molecule has 0 bridgehead atoms. The maximum atomic E-state index is 14.3. The molecule has 0 aliphatic carbocycles. The van der Waals surface area contributed by atoms with Crippen LogP contribution in [0, 0.1) is 17.1 Å². The van der Waals surface area contributed by atoms with E-state index in [-0.39, 0.29) is 24.0 Å². The molecular formula is C27H23FN4O3. The number of halogens is 1. The standard InChI is InChI=1S/C27H23FN4O3/c1-32-25(33)27(31-26(32)30)14-20(11-16-6-8-24(34-2)22(28)12-16)35-23-9-7-19(13-21(23)27)18-5-3-4-17(10-18)15-29/h3-10,12-13,20H,11,14H2,1-2H3,(H2,30,31)/t20?,27-/m1/s1. The van der Waals surface area contributed by atoms with Crippen molar-refractivity contribution in [2.24, 2.45) is 10.7 Å². The van der Waals surface area contributed by atoms with Crippen LogP contribution in [0.5, 0.6) is 11.5 Å². The minimum Gasteiger partial charge on any atom is -0.494 e. The molecule has 2 aliphatic rings. The first-order chi connectivity index (χ1) is 16.8. The van der Waals surface area contributed by atoms with Crippen LogP contribution in [0.2, 0.25) is 0 Å². The van der Waals surface area contributed by atoms with Crippen LogP contribution in [0.15, 0.2) is 65.7 Å². The Labute approximate surface area is 202 Å². The average molecular weight is 471 g/mol. The number of carbonyl (C=O) groups excluding carboxylic acids is 1. The normalized spacial score (nSPS) is 20.7. The monoisotopic (exact) mass is 470 g/mol. The molecule has 5 rings (SSSR count). The summed E-state index contributed by atoms with van der Waals surface area (Å²) in [7, 11) is 3.01. The topological polar surface area (TPSA) is 101 Å². The number of hydrogen-bond acceptors (Lipinski definition) is 6. The van der Waals surface area contributed by atoms with Crippen LogP contribution >= 0.6 is 0 Å². The Balaban J connectivity index is 1.57. The summed E-state index contributed by atoms with van der Waals surface area (Å²) in [5.41, 5.74) is 8.38. The SMILES string of the molecule is COc1ccc(CC2C[C@@]3(N=C(N)N(C)C3=O)c3cc(-c4cccc(C#N)c4)ccc3O2)cc1F. The second kappa shape index (κ2) is 8.44. The van der Waals surface area contributed by atoms with Crippen LogP contribution in [0.1, 0.15) is 23.1 Å². The number of guanidine groups is 1. The maximum absolute atomic E-state index is 14.3. The van der Waals surface area contributed by atoms with Gasteiger partial charge in [-0.15, -0.1) is 0 Å². The quantitative estimate of drug-likeness (QED) is 0.626. The van der Waals surface area contributed by atoms with E-state index in [4.69, 9.17) is 15.2 Å². The Bertz CT molecular complexity index is 1410. The molecule has 1 spiro atoms. The van der Waals surface area contributed by atoms with Crippen molar-refractivity contribution < 1.29 is 18.7 Å². The van der Waals surface area contributed by atoms with Gasteiger partial charge in [0.1, 0.15) is 11.9 Å². The molecule has 0 aromatic heterocycles. The molecule has 2 aliphatic heterocycles. The van der Waals surface area contributed by atoms with Gasteiger partial charge in [-0.25, -0.2) is 9.38 Å². The molecule has 0 saturated heterocycles. The van der Waals surface area contributed by atoms with Gasteiger partial charge in [0.2, 0.25) is 0 Å². The number of likely N-dealkylation sites (N-methyl/N-ethyl adjacent to an activating group) is 1. The van der Waals surface area contributed by atoms with E-state index in [9.17, 15) is 14.4 Å². The van der Waals surface area contributed by atoms with Crippen molar-refractivity contribution in [3.05, 3.63) is 83.2 Å². The van der Waals surface area contributed by atoms with Gasteiger partial charge in [0.05, 0.1) is 18.7 Å². The first-order valence-electron chi connectivity index (χ1n) is 11.1. The van der Waals surface area contributed by atoms with Gasteiger partial charge in [0.15, 0.2) is 23.1 Å². The Kier molecular flexibility index (Phi) is 5.40. The Hall–Kier alpha value is -4.38. The number of nitrogens with zero attached hydrogens (tertiary/aromatic N) is 3. The van der Waals surface area contributed by atoms with Crippen molar-refractivity contribution in [3.8, 4) is 28.7 Å². The van der Waals surface area contributed by atoms with Gasteiger partial charge >= 0.3 is 0 Å². The van der Waals surface area contributed by atoms with E-state index in [0.29, 0.717) is 28.9 Å². The molecule has 1 amide bonds. The fourth-order valence-electron chi connectivity index (χ4n) is 4.79. The third-order valence-electron chi connectivity index (χ3n) is 6.55. The Morgan fingerprint density at radius 3 is 2.71 bits per heavy atom. The zero-order valence-electron chi connectivity index (χ0n) is 19.3. The minimum atomic E-state index is -1.25. The number of carbonyl (C=O) groups is 1. The zero-order valence-corrected chi connectivity index (χ0v) is 19.3. The van der Waals surface area contributed by atoms with Gasteiger partial charge < -0.3 is 15.2 Å². The van der Waals surface area contributed by atoms with Crippen LogP contribution in [0.3, 0.4) is 0 Å². The van der Waals surface area contributed by atoms with E-state index in [2.05, 4.69) is 11.1 Å². The third-order valence-corrected chi connectivity index (χ3v) is 6.55. The minimum absolute atomic E-state index is 0.133. The third kappa shape index (κ3) is 3.75. The van der Waals surface area contributed by atoms with Crippen molar-refractivity contribution in [1.29, 1.82) is 5.26 Å². The molecule has 0 saturated carbocycles. The first-order valence-corrected chi connectivity index (χ1v) is 11.1. The summed E-state index contributed by atoms with van der Waals surface area (Å²) >= 11 is 0. The van der Waals surface area contributed by atoms with Crippen LogP contribution in [0.4, 0.5) is 4.39 Å². The smallest absolute Gasteiger partial charge is 0.261 e. The molecular weight excluding hydrogens is 447 g/mol. The van der Waals surface area contributed by atoms with E-state index >= 15 is 0 Å². The number of rotatable bonds is 4. The highest BCUT2D eigenvalue weighted by Gasteiger charge is 2.53. The van der Waals surface area contributed by atoms with E-state index in [0.717, 1.165) is 11.1 Å². The summed E-state index contributed by atoms with van der Waals surface area (Å²) in [6.45, 7) is 0. The fraction of sp³-hybridized carbons (Fsp3) is 0.222. The summed E-state index contributed by atoms with van der Waals surface area (Å²) in [5, 5.41) is 9.28. The second-order valence-corrected chi connectivity index (χ2v) is 8.71. The van der Waals surface area contributed by atoms with Crippen molar-refractivity contribution in [2.75, 3.05) is 14.2 Å². The summed E-state index contributed by atoms with van der Waals surface area (Å²) < 4.78 is 25.6.